The zero-order valence-corrected chi connectivity index (χ0v) is 17.0. The highest BCUT2D eigenvalue weighted by Crippen LogP contribution is 2.43. The Hall–Kier alpha value is -3.64. The van der Waals surface area contributed by atoms with Crippen molar-refractivity contribution >= 4 is 23.0 Å². The minimum absolute atomic E-state index is 0.0211. The molecule has 0 spiro atoms. The molecule has 1 saturated carbocycles. The second kappa shape index (κ2) is 6.68. The van der Waals surface area contributed by atoms with E-state index >= 15 is 0 Å². The van der Waals surface area contributed by atoms with Crippen LogP contribution in [0.2, 0.25) is 0 Å². The van der Waals surface area contributed by atoms with Crippen molar-refractivity contribution in [2.45, 2.75) is 30.8 Å². The minimum atomic E-state index is -0.239. The summed E-state index contributed by atoms with van der Waals surface area (Å²) in [5.74, 6) is 0. The number of hydrogen-bond donors (Lipinski definition) is 3. The molecule has 6 nitrogen and oxygen atoms in total. The van der Waals surface area contributed by atoms with Gasteiger partial charge in [0.25, 0.3) is 0 Å². The van der Waals surface area contributed by atoms with Crippen LogP contribution in [0.4, 0.5) is 5.69 Å². The number of aromatic nitrogens is 3. The summed E-state index contributed by atoms with van der Waals surface area (Å²) >= 11 is 0. The second-order valence-electron chi connectivity index (χ2n) is 8.54. The molecule has 3 heterocycles. The Kier molecular flexibility index (Phi) is 3.91. The molecule has 4 N–H and O–H groups in total. The number of H-pyrrole nitrogens is 1. The first-order chi connectivity index (χ1) is 15.1. The molecule has 2 aliphatic rings. The van der Waals surface area contributed by atoms with Crippen LogP contribution in [0.15, 0.2) is 71.7 Å². The maximum Gasteiger partial charge on any atom is 0.347 e. The van der Waals surface area contributed by atoms with Crippen molar-refractivity contribution in [1.82, 2.24) is 14.6 Å². The number of pyridine rings is 1. The highest BCUT2D eigenvalue weighted by atomic mass is 16.1. The lowest BCUT2D eigenvalue weighted by Gasteiger charge is -2.39. The van der Waals surface area contributed by atoms with Gasteiger partial charge in [0.2, 0.25) is 0 Å². The van der Waals surface area contributed by atoms with E-state index in [0.29, 0.717) is 5.65 Å². The number of anilines is 1. The Bertz CT molecular complexity index is 1360. The number of nitrogens with two attached hydrogens (primary N) is 1. The monoisotopic (exact) mass is 409 g/mol. The molecule has 1 unspecified atom stereocenters. The fourth-order valence-corrected chi connectivity index (χ4v) is 4.73. The van der Waals surface area contributed by atoms with E-state index in [2.05, 4.69) is 58.0 Å². The van der Waals surface area contributed by atoms with Gasteiger partial charge in [0.05, 0.1) is 6.04 Å². The van der Waals surface area contributed by atoms with E-state index in [-0.39, 0.29) is 17.3 Å². The zero-order valence-electron chi connectivity index (χ0n) is 17.0. The van der Waals surface area contributed by atoms with Gasteiger partial charge in [0, 0.05) is 23.0 Å². The highest BCUT2D eigenvalue weighted by Gasteiger charge is 2.34. The molecule has 4 aromatic rings. The van der Waals surface area contributed by atoms with Gasteiger partial charge in [-0.1, -0.05) is 54.6 Å². The largest absolute Gasteiger partial charge is 0.373 e. The molecule has 2 aromatic carbocycles. The second-order valence-corrected chi connectivity index (χ2v) is 8.54. The first-order valence-corrected chi connectivity index (χ1v) is 10.6. The number of fused-ring (bicyclic) bond motifs is 3. The van der Waals surface area contributed by atoms with Crippen LogP contribution in [-0.4, -0.2) is 14.6 Å². The maximum atomic E-state index is 12.0. The summed E-state index contributed by atoms with van der Waals surface area (Å²) in [7, 11) is 0. The third-order valence-corrected chi connectivity index (χ3v) is 6.71. The van der Waals surface area contributed by atoms with Gasteiger partial charge in [-0.2, -0.15) is 5.10 Å². The predicted molar refractivity (Wildman–Crippen MR) is 123 cm³/mol. The quantitative estimate of drug-likeness (QED) is 0.476. The Morgan fingerprint density at radius 2 is 1.81 bits per heavy atom. The normalized spacial score (nSPS) is 19.3. The Balaban J connectivity index is 1.48. The standard InChI is InChI=1S/C25H23N5O/c26-25(12-4-13-25)18-9-7-17(8-10-18)22-19(16-5-2-1-3-6-16)15-20-21(27-22)11-14-30-23(20)28-29-24(30)31/h1-3,5-11,14-15,22,27H,4,12-13,26H2,(H,29,31). The lowest BCUT2D eigenvalue weighted by Crippen LogP contribution is -2.43. The van der Waals surface area contributed by atoms with Crippen LogP contribution in [0.5, 0.6) is 0 Å². The Morgan fingerprint density at radius 1 is 1.03 bits per heavy atom. The first-order valence-electron chi connectivity index (χ1n) is 10.6. The van der Waals surface area contributed by atoms with Crippen molar-refractivity contribution < 1.29 is 0 Å². The van der Waals surface area contributed by atoms with Gasteiger partial charge < -0.3 is 11.1 Å². The van der Waals surface area contributed by atoms with E-state index in [1.165, 1.54) is 21.9 Å². The van der Waals surface area contributed by atoms with E-state index in [1.54, 1.807) is 6.20 Å². The average Bonchev–Trinajstić information content (AvgIpc) is 3.18. The van der Waals surface area contributed by atoms with Crippen molar-refractivity contribution in [1.29, 1.82) is 0 Å². The molecule has 1 atom stereocenters. The minimum Gasteiger partial charge on any atom is -0.373 e. The SMILES string of the molecule is NC1(c2ccc(C3Nc4ccn5c(=O)[nH]nc5c4C=C3c3ccccc3)cc2)CCC1. The summed E-state index contributed by atoms with van der Waals surface area (Å²) in [6.45, 7) is 0. The van der Waals surface area contributed by atoms with Gasteiger partial charge in [0.1, 0.15) is 0 Å². The smallest absolute Gasteiger partial charge is 0.347 e. The summed E-state index contributed by atoms with van der Waals surface area (Å²) < 4.78 is 1.54. The molecule has 31 heavy (non-hydrogen) atoms. The lowest BCUT2D eigenvalue weighted by atomic mass is 9.72. The molecular weight excluding hydrogens is 386 g/mol. The van der Waals surface area contributed by atoms with Gasteiger partial charge in [-0.3, -0.25) is 0 Å². The summed E-state index contributed by atoms with van der Waals surface area (Å²) in [5, 5.41) is 10.5. The molecule has 1 aliphatic carbocycles. The van der Waals surface area contributed by atoms with Crippen LogP contribution in [-0.2, 0) is 5.54 Å². The fourth-order valence-electron chi connectivity index (χ4n) is 4.73. The van der Waals surface area contributed by atoms with E-state index in [4.69, 9.17) is 5.73 Å². The van der Waals surface area contributed by atoms with Crippen LogP contribution in [0.25, 0.3) is 17.3 Å². The van der Waals surface area contributed by atoms with Crippen LogP contribution in [0, 0.1) is 0 Å². The van der Waals surface area contributed by atoms with Crippen LogP contribution in [0.3, 0.4) is 0 Å². The summed E-state index contributed by atoms with van der Waals surface area (Å²) in [6, 6.07) is 20.9. The molecule has 2 aromatic heterocycles. The lowest BCUT2D eigenvalue weighted by molar-refractivity contribution is 0.253. The van der Waals surface area contributed by atoms with E-state index in [0.717, 1.165) is 35.2 Å². The number of benzene rings is 2. The zero-order chi connectivity index (χ0) is 21.0. The molecule has 154 valence electrons. The molecular formula is C25H23N5O. The molecule has 6 rings (SSSR count). The van der Waals surface area contributed by atoms with Gasteiger partial charge >= 0.3 is 5.69 Å². The fraction of sp³-hybridized carbons (Fsp3) is 0.200. The third-order valence-electron chi connectivity index (χ3n) is 6.71. The van der Waals surface area contributed by atoms with Gasteiger partial charge in [-0.05, 0) is 53.7 Å². The highest BCUT2D eigenvalue weighted by molar-refractivity contribution is 5.96. The van der Waals surface area contributed by atoms with Gasteiger partial charge in [-0.15, -0.1) is 0 Å². The third kappa shape index (κ3) is 2.83. The number of hydrogen-bond acceptors (Lipinski definition) is 4. The topological polar surface area (TPSA) is 88.2 Å². The van der Waals surface area contributed by atoms with Crippen LogP contribution < -0.4 is 16.7 Å². The molecule has 1 aliphatic heterocycles. The van der Waals surface area contributed by atoms with Crippen LogP contribution in [0.1, 0.15) is 47.6 Å². The molecule has 0 saturated heterocycles. The van der Waals surface area contributed by atoms with Gasteiger partial charge in [-0.25, -0.2) is 14.3 Å². The molecule has 0 amide bonds. The van der Waals surface area contributed by atoms with Crippen molar-refractivity contribution in [2.75, 3.05) is 5.32 Å². The number of nitrogens with zero attached hydrogens (tertiary/aromatic N) is 2. The number of aromatic amines is 1. The van der Waals surface area contributed by atoms with E-state index in [9.17, 15) is 4.79 Å². The van der Waals surface area contributed by atoms with Crippen LogP contribution >= 0.6 is 0 Å². The summed E-state index contributed by atoms with van der Waals surface area (Å²) in [6.07, 6.45) is 7.20. The number of nitrogens with one attached hydrogen (secondary N) is 2. The summed E-state index contributed by atoms with van der Waals surface area (Å²) in [5.41, 5.74) is 13.2. The molecule has 6 heteroatoms. The van der Waals surface area contributed by atoms with E-state index < -0.39 is 0 Å². The summed E-state index contributed by atoms with van der Waals surface area (Å²) in [4.78, 5) is 12.0. The molecule has 0 radical (unpaired) electrons. The van der Waals surface area contributed by atoms with Crippen molar-refractivity contribution in [3.63, 3.8) is 0 Å². The molecule has 0 bridgehead atoms. The Labute approximate surface area is 179 Å². The Morgan fingerprint density at radius 3 is 2.52 bits per heavy atom. The van der Waals surface area contributed by atoms with Crippen molar-refractivity contribution in [2.24, 2.45) is 5.73 Å². The number of rotatable bonds is 3. The first kappa shape index (κ1) is 18.2. The average molecular weight is 409 g/mol. The van der Waals surface area contributed by atoms with Crippen molar-refractivity contribution in [3.8, 4) is 0 Å². The molecule has 1 fully saturated rings. The maximum absolute atomic E-state index is 12.0. The predicted octanol–water partition coefficient (Wildman–Crippen LogP) is 4.07. The van der Waals surface area contributed by atoms with Gasteiger partial charge in [0.15, 0.2) is 5.65 Å². The van der Waals surface area contributed by atoms with Crippen molar-refractivity contribution in [3.05, 3.63) is 99.6 Å². The van der Waals surface area contributed by atoms with E-state index in [1.807, 2.05) is 24.3 Å².